The molecule has 1 aromatic heterocycles. The Balaban J connectivity index is 0.000000816. The van der Waals surface area contributed by atoms with Crippen molar-refractivity contribution in [1.82, 2.24) is 15.0 Å². The summed E-state index contributed by atoms with van der Waals surface area (Å²) in [7, 11) is 0. The maximum absolute atomic E-state index is 12.5. The Morgan fingerprint density at radius 1 is 1.39 bits per heavy atom. The smallest absolute Gasteiger partial charge is 0.227 e. The zero-order chi connectivity index (χ0) is 17.7. The Morgan fingerprint density at radius 2 is 2.00 bits per heavy atom. The highest BCUT2D eigenvalue weighted by atomic mass is 16.5. The standard InChI is InChI=1S/C15H25N3O2.C3H8/c1-14(2,3)13(19)18-7-6-11(8-15(4,5)9-18)12-16-10-20-17-12;1-3-2/h10-11H,6-9H2,1-5H3;3H2,1-2H3. The van der Waals surface area contributed by atoms with E-state index in [-0.39, 0.29) is 22.7 Å². The highest BCUT2D eigenvalue weighted by molar-refractivity contribution is 5.81. The van der Waals surface area contributed by atoms with E-state index in [4.69, 9.17) is 4.52 Å². The van der Waals surface area contributed by atoms with Crippen LogP contribution in [-0.2, 0) is 4.79 Å². The predicted molar refractivity (Wildman–Crippen MR) is 92.1 cm³/mol. The fourth-order valence-electron chi connectivity index (χ4n) is 2.97. The van der Waals surface area contributed by atoms with Crippen LogP contribution in [0.15, 0.2) is 10.9 Å². The second kappa shape index (κ2) is 7.93. The number of nitrogens with zero attached hydrogens (tertiary/aromatic N) is 3. The molecule has 2 rings (SSSR count). The molecule has 0 aromatic carbocycles. The van der Waals surface area contributed by atoms with E-state index in [2.05, 4.69) is 37.8 Å². The number of hydrogen-bond donors (Lipinski definition) is 0. The molecule has 132 valence electrons. The molecule has 1 aromatic rings. The van der Waals surface area contributed by atoms with Gasteiger partial charge in [-0.1, -0.05) is 60.0 Å². The van der Waals surface area contributed by atoms with Gasteiger partial charge in [0.25, 0.3) is 0 Å². The van der Waals surface area contributed by atoms with Gasteiger partial charge in [0.1, 0.15) is 0 Å². The number of carbonyl (C=O) groups excluding carboxylic acids is 1. The van der Waals surface area contributed by atoms with Crippen LogP contribution in [0.4, 0.5) is 0 Å². The maximum atomic E-state index is 12.5. The SMILES string of the molecule is CC1(C)CC(c2ncon2)CCN(C(=O)C(C)(C)C)C1.CCC. The van der Waals surface area contributed by atoms with E-state index in [0.29, 0.717) is 0 Å². The van der Waals surface area contributed by atoms with Gasteiger partial charge in [-0.25, -0.2) is 0 Å². The Kier molecular flexibility index (Phi) is 6.78. The van der Waals surface area contributed by atoms with Gasteiger partial charge in [0.15, 0.2) is 5.82 Å². The fourth-order valence-corrected chi connectivity index (χ4v) is 2.97. The van der Waals surface area contributed by atoms with Crippen molar-refractivity contribution in [3.8, 4) is 0 Å². The van der Waals surface area contributed by atoms with Gasteiger partial charge in [-0.2, -0.15) is 4.98 Å². The zero-order valence-corrected chi connectivity index (χ0v) is 15.8. The minimum atomic E-state index is -0.331. The van der Waals surface area contributed by atoms with E-state index >= 15 is 0 Å². The van der Waals surface area contributed by atoms with Crippen molar-refractivity contribution in [2.24, 2.45) is 10.8 Å². The first-order valence-electron chi connectivity index (χ1n) is 8.66. The summed E-state index contributed by atoms with van der Waals surface area (Å²) in [5, 5.41) is 3.98. The van der Waals surface area contributed by atoms with Crippen LogP contribution in [0, 0.1) is 10.8 Å². The van der Waals surface area contributed by atoms with Gasteiger partial charge in [-0.05, 0) is 18.3 Å². The van der Waals surface area contributed by atoms with Gasteiger partial charge in [0.2, 0.25) is 12.3 Å². The summed E-state index contributed by atoms with van der Waals surface area (Å²) in [6.07, 6.45) is 4.50. The summed E-state index contributed by atoms with van der Waals surface area (Å²) in [6, 6.07) is 0. The van der Waals surface area contributed by atoms with E-state index in [1.54, 1.807) is 0 Å². The monoisotopic (exact) mass is 323 g/mol. The molecule has 0 aliphatic carbocycles. The van der Waals surface area contributed by atoms with Crippen molar-refractivity contribution in [1.29, 1.82) is 0 Å². The topological polar surface area (TPSA) is 59.2 Å². The van der Waals surface area contributed by atoms with Crippen LogP contribution < -0.4 is 0 Å². The molecule has 1 unspecified atom stereocenters. The molecule has 1 atom stereocenters. The molecule has 1 saturated heterocycles. The molecule has 2 heterocycles. The average Bonchev–Trinajstić information content (AvgIpc) is 2.89. The molecule has 1 amide bonds. The van der Waals surface area contributed by atoms with Gasteiger partial charge in [-0.15, -0.1) is 0 Å². The molecule has 0 radical (unpaired) electrons. The van der Waals surface area contributed by atoms with E-state index in [9.17, 15) is 4.79 Å². The molecule has 5 heteroatoms. The van der Waals surface area contributed by atoms with Crippen molar-refractivity contribution in [3.63, 3.8) is 0 Å². The summed E-state index contributed by atoms with van der Waals surface area (Å²) in [6.45, 7) is 16.1. The number of amides is 1. The first-order chi connectivity index (χ1) is 10.6. The quantitative estimate of drug-likeness (QED) is 0.774. The third kappa shape index (κ3) is 5.96. The largest absolute Gasteiger partial charge is 0.343 e. The second-order valence-electron chi connectivity index (χ2n) is 8.33. The Bertz CT molecular complexity index is 475. The Hall–Kier alpha value is -1.39. The molecular weight excluding hydrogens is 290 g/mol. The van der Waals surface area contributed by atoms with Crippen LogP contribution in [0.25, 0.3) is 0 Å². The zero-order valence-electron chi connectivity index (χ0n) is 15.8. The first kappa shape index (κ1) is 19.7. The summed E-state index contributed by atoms with van der Waals surface area (Å²) in [4.78, 5) is 18.7. The van der Waals surface area contributed by atoms with Gasteiger partial charge in [0.05, 0.1) is 0 Å². The van der Waals surface area contributed by atoms with Crippen LogP contribution in [0.3, 0.4) is 0 Å². The third-order valence-electron chi connectivity index (χ3n) is 3.84. The lowest BCUT2D eigenvalue weighted by Gasteiger charge is -2.33. The van der Waals surface area contributed by atoms with Crippen LogP contribution in [-0.4, -0.2) is 34.0 Å². The van der Waals surface area contributed by atoms with Crippen molar-refractivity contribution in [2.45, 2.75) is 73.6 Å². The number of hydrogen-bond acceptors (Lipinski definition) is 4. The molecule has 0 bridgehead atoms. The van der Waals surface area contributed by atoms with Gasteiger partial charge >= 0.3 is 0 Å². The predicted octanol–water partition coefficient (Wildman–Crippen LogP) is 4.26. The van der Waals surface area contributed by atoms with Crippen LogP contribution in [0.5, 0.6) is 0 Å². The summed E-state index contributed by atoms with van der Waals surface area (Å²) in [5.74, 6) is 1.25. The van der Waals surface area contributed by atoms with E-state index in [1.807, 2.05) is 25.7 Å². The summed E-state index contributed by atoms with van der Waals surface area (Å²) < 4.78 is 4.86. The van der Waals surface area contributed by atoms with E-state index in [1.165, 1.54) is 12.8 Å². The molecule has 0 spiro atoms. The highest BCUT2D eigenvalue weighted by Crippen LogP contribution is 2.37. The van der Waals surface area contributed by atoms with Gasteiger partial charge < -0.3 is 9.42 Å². The van der Waals surface area contributed by atoms with Crippen molar-refractivity contribution >= 4 is 5.91 Å². The highest BCUT2D eigenvalue weighted by Gasteiger charge is 2.37. The molecule has 1 aliphatic heterocycles. The minimum absolute atomic E-state index is 0.0582. The average molecular weight is 323 g/mol. The molecule has 1 aliphatic rings. The van der Waals surface area contributed by atoms with Crippen LogP contribution in [0.2, 0.25) is 0 Å². The molecule has 0 saturated carbocycles. The fraction of sp³-hybridized carbons (Fsp3) is 0.833. The number of aromatic nitrogens is 2. The van der Waals surface area contributed by atoms with Gasteiger partial charge in [-0.3, -0.25) is 4.79 Å². The number of likely N-dealkylation sites (tertiary alicyclic amines) is 1. The lowest BCUT2D eigenvalue weighted by Crippen LogP contribution is -2.43. The molecule has 1 fully saturated rings. The van der Waals surface area contributed by atoms with Crippen LogP contribution in [0.1, 0.15) is 79.5 Å². The summed E-state index contributed by atoms with van der Waals surface area (Å²) >= 11 is 0. The normalized spacial score (nSPS) is 21.2. The Labute approximate surface area is 140 Å². The Morgan fingerprint density at radius 3 is 2.48 bits per heavy atom. The molecule has 5 nitrogen and oxygen atoms in total. The lowest BCUT2D eigenvalue weighted by atomic mass is 9.82. The minimum Gasteiger partial charge on any atom is -0.343 e. The van der Waals surface area contributed by atoms with Crippen LogP contribution >= 0.6 is 0 Å². The second-order valence-corrected chi connectivity index (χ2v) is 8.33. The number of rotatable bonds is 1. The summed E-state index contributed by atoms with van der Waals surface area (Å²) in [5.41, 5.74) is -0.273. The third-order valence-corrected chi connectivity index (χ3v) is 3.84. The molecule has 0 N–H and O–H groups in total. The van der Waals surface area contributed by atoms with Crippen molar-refractivity contribution < 1.29 is 9.32 Å². The first-order valence-corrected chi connectivity index (χ1v) is 8.66. The molecular formula is C18H33N3O2. The maximum Gasteiger partial charge on any atom is 0.227 e. The van der Waals surface area contributed by atoms with E-state index < -0.39 is 0 Å². The van der Waals surface area contributed by atoms with Crippen molar-refractivity contribution in [3.05, 3.63) is 12.2 Å². The van der Waals surface area contributed by atoms with E-state index in [0.717, 1.165) is 31.8 Å². The molecule has 23 heavy (non-hydrogen) atoms. The lowest BCUT2D eigenvalue weighted by molar-refractivity contribution is -0.140. The van der Waals surface area contributed by atoms with Crippen molar-refractivity contribution in [2.75, 3.05) is 13.1 Å². The van der Waals surface area contributed by atoms with Gasteiger partial charge in [0, 0.05) is 24.4 Å². The number of carbonyl (C=O) groups is 1.